The van der Waals surface area contributed by atoms with Gasteiger partial charge in [-0.1, -0.05) is 18.2 Å². The first-order valence-corrected chi connectivity index (χ1v) is 6.55. The Labute approximate surface area is 111 Å². The second kappa shape index (κ2) is 4.77. The Morgan fingerprint density at radius 3 is 2.89 bits per heavy atom. The minimum Gasteiger partial charge on any atom is -0.351 e. The van der Waals surface area contributed by atoms with Crippen molar-refractivity contribution in [2.45, 2.75) is 25.3 Å². The van der Waals surface area contributed by atoms with Gasteiger partial charge in [0.25, 0.3) is 5.91 Å². The zero-order chi connectivity index (χ0) is 13.2. The van der Waals surface area contributed by atoms with Crippen LogP contribution in [0.4, 0.5) is 0 Å². The molecule has 1 N–H and O–H groups in total. The number of para-hydroxylation sites is 1. The molecule has 1 aliphatic carbocycles. The van der Waals surface area contributed by atoms with Crippen molar-refractivity contribution < 1.29 is 4.79 Å². The van der Waals surface area contributed by atoms with Gasteiger partial charge in [-0.05, 0) is 25.0 Å². The van der Waals surface area contributed by atoms with Crippen molar-refractivity contribution in [3.8, 4) is 6.07 Å². The second-order valence-electron chi connectivity index (χ2n) is 4.91. The summed E-state index contributed by atoms with van der Waals surface area (Å²) in [6, 6.07) is 12.2. The zero-order valence-electron chi connectivity index (χ0n) is 10.6. The van der Waals surface area contributed by atoms with Crippen LogP contribution in [-0.4, -0.2) is 28.4 Å². The first-order valence-electron chi connectivity index (χ1n) is 6.55. The average Bonchev–Trinajstić information content (AvgIpc) is 3.17. The summed E-state index contributed by atoms with van der Waals surface area (Å²) in [4.78, 5) is 17.5. The molecule has 1 aliphatic rings. The highest BCUT2D eigenvalue weighted by atomic mass is 16.2. The number of rotatable bonds is 4. The second-order valence-corrected chi connectivity index (χ2v) is 4.91. The van der Waals surface area contributed by atoms with E-state index in [-0.39, 0.29) is 5.91 Å². The fourth-order valence-electron chi connectivity index (χ4n) is 2.35. The molecule has 4 heteroatoms. The molecule has 0 spiro atoms. The summed E-state index contributed by atoms with van der Waals surface area (Å²) in [6.07, 6.45) is 2.50. The van der Waals surface area contributed by atoms with E-state index in [1.807, 2.05) is 35.2 Å². The summed E-state index contributed by atoms with van der Waals surface area (Å²) < 4.78 is 0. The molecule has 1 aromatic heterocycles. The van der Waals surface area contributed by atoms with E-state index in [1.165, 1.54) is 0 Å². The van der Waals surface area contributed by atoms with E-state index in [1.54, 1.807) is 0 Å². The predicted octanol–water partition coefficient (Wildman–Crippen LogP) is 2.69. The minimum absolute atomic E-state index is 0.00829. The van der Waals surface area contributed by atoms with E-state index < -0.39 is 0 Å². The van der Waals surface area contributed by atoms with Crippen LogP contribution in [0.3, 0.4) is 0 Å². The lowest BCUT2D eigenvalue weighted by molar-refractivity contribution is 0.0742. The molecule has 0 radical (unpaired) electrons. The van der Waals surface area contributed by atoms with Gasteiger partial charge in [-0.2, -0.15) is 5.26 Å². The van der Waals surface area contributed by atoms with Crippen LogP contribution >= 0.6 is 0 Å². The highest BCUT2D eigenvalue weighted by Crippen LogP contribution is 2.28. The molecule has 0 atom stereocenters. The molecule has 1 heterocycles. The predicted molar refractivity (Wildman–Crippen MR) is 72.6 cm³/mol. The molecule has 1 fully saturated rings. The number of carbonyl (C=O) groups excluding carboxylic acids is 1. The van der Waals surface area contributed by atoms with E-state index in [2.05, 4.69) is 11.1 Å². The van der Waals surface area contributed by atoms with E-state index in [0.717, 1.165) is 23.7 Å². The maximum absolute atomic E-state index is 12.5. The third-order valence-electron chi connectivity index (χ3n) is 3.47. The number of nitriles is 1. The van der Waals surface area contributed by atoms with Crippen LogP contribution in [0.15, 0.2) is 30.3 Å². The van der Waals surface area contributed by atoms with Crippen LogP contribution in [0.1, 0.15) is 29.8 Å². The number of H-pyrrole nitrogens is 1. The van der Waals surface area contributed by atoms with E-state index in [9.17, 15) is 4.79 Å². The van der Waals surface area contributed by atoms with Gasteiger partial charge in [-0.3, -0.25) is 4.79 Å². The fraction of sp³-hybridized carbons (Fsp3) is 0.333. The number of aromatic nitrogens is 1. The maximum Gasteiger partial charge on any atom is 0.270 e. The molecular weight excluding hydrogens is 238 g/mol. The summed E-state index contributed by atoms with van der Waals surface area (Å²) in [6.45, 7) is 0.523. The molecule has 3 rings (SSSR count). The number of amides is 1. The summed E-state index contributed by atoms with van der Waals surface area (Å²) in [5, 5.41) is 9.73. The topological polar surface area (TPSA) is 59.9 Å². The molecule has 0 bridgehead atoms. The summed E-state index contributed by atoms with van der Waals surface area (Å²) in [5.41, 5.74) is 1.59. The Morgan fingerprint density at radius 2 is 2.21 bits per heavy atom. The molecular formula is C15H15N3O. The molecule has 0 saturated heterocycles. The number of carbonyl (C=O) groups is 1. The van der Waals surface area contributed by atoms with E-state index in [4.69, 9.17) is 5.26 Å². The molecule has 4 nitrogen and oxygen atoms in total. The zero-order valence-corrected chi connectivity index (χ0v) is 10.6. The van der Waals surface area contributed by atoms with Crippen LogP contribution in [0.5, 0.6) is 0 Å². The first kappa shape index (κ1) is 11.8. The van der Waals surface area contributed by atoms with Crippen LogP contribution in [0, 0.1) is 11.3 Å². The number of fused-ring (bicyclic) bond motifs is 1. The van der Waals surface area contributed by atoms with Crippen molar-refractivity contribution >= 4 is 16.8 Å². The SMILES string of the molecule is N#CCCN(C(=O)c1cc2ccccc2[nH]1)C1CC1. The van der Waals surface area contributed by atoms with Crippen molar-refractivity contribution in [3.63, 3.8) is 0 Å². The van der Waals surface area contributed by atoms with Crippen molar-refractivity contribution in [1.29, 1.82) is 5.26 Å². The van der Waals surface area contributed by atoms with Gasteiger partial charge in [0, 0.05) is 23.5 Å². The normalized spacial score (nSPS) is 14.3. The van der Waals surface area contributed by atoms with Gasteiger partial charge in [-0.25, -0.2) is 0 Å². The molecule has 19 heavy (non-hydrogen) atoms. The number of aromatic amines is 1. The Bertz CT molecular complexity index is 616. The molecule has 1 saturated carbocycles. The van der Waals surface area contributed by atoms with E-state index in [0.29, 0.717) is 24.7 Å². The lowest BCUT2D eigenvalue weighted by atomic mass is 10.2. The van der Waals surface area contributed by atoms with Gasteiger partial charge in [0.05, 0.1) is 12.5 Å². The lowest BCUT2D eigenvalue weighted by Crippen LogP contribution is -2.34. The quantitative estimate of drug-likeness (QED) is 0.910. The first-order chi connectivity index (χ1) is 9.29. The molecule has 0 unspecified atom stereocenters. The van der Waals surface area contributed by atoms with Crippen molar-refractivity contribution in [3.05, 3.63) is 36.0 Å². The average molecular weight is 253 g/mol. The largest absolute Gasteiger partial charge is 0.351 e. The summed E-state index contributed by atoms with van der Waals surface area (Å²) >= 11 is 0. The Kier molecular flexibility index (Phi) is 2.96. The smallest absolute Gasteiger partial charge is 0.270 e. The lowest BCUT2D eigenvalue weighted by Gasteiger charge is -2.20. The van der Waals surface area contributed by atoms with Gasteiger partial charge in [0.2, 0.25) is 0 Å². The Balaban J connectivity index is 1.86. The Hall–Kier alpha value is -2.28. The summed E-state index contributed by atoms with van der Waals surface area (Å²) in [7, 11) is 0. The van der Waals surface area contributed by atoms with Crippen molar-refractivity contribution in [2.24, 2.45) is 0 Å². The molecule has 1 amide bonds. The van der Waals surface area contributed by atoms with Crippen LogP contribution in [0.2, 0.25) is 0 Å². The monoisotopic (exact) mass is 253 g/mol. The number of benzene rings is 1. The third-order valence-corrected chi connectivity index (χ3v) is 3.47. The van der Waals surface area contributed by atoms with Gasteiger partial charge < -0.3 is 9.88 Å². The highest BCUT2D eigenvalue weighted by molar-refractivity contribution is 5.98. The van der Waals surface area contributed by atoms with E-state index >= 15 is 0 Å². The van der Waals surface area contributed by atoms with Crippen molar-refractivity contribution in [1.82, 2.24) is 9.88 Å². The van der Waals surface area contributed by atoms with Gasteiger partial charge in [0.15, 0.2) is 0 Å². The minimum atomic E-state index is 0.00829. The summed E-state index contributed by atoms with van der Waals surface area (Å²) in [5.74, 6) is 0.00829. The maximum atomic E-state index is 12.5. The van der Waals surface area contributed by atoms with Crippen LogP contribution < -0.4 is 0 Å². The van der Waals surface area contributed by atoms with Gasteiger partial charge in [-0.15, -0.1) is 0 Å². The van der Waals surface area contributed by atoms with Gasteiger partial charge >= 0.3 is 0 Å². The standard InChI is InChI=1S/C15H15N3O/c16-8-3-9-18(12-6-7-12)15(19)14-10-11-4-1-2-5-13(11)17-14/h1-2,4-5,10,12,17H,3,6-7,9H2. The van der Waals surface area contributed by atoms with Crippen LogP contribution in [-0.2, 0) is 0 Å². The highest BCUT2D eigenvalue weighted by Gasteiger charge is 2.33. The van der Waals surface area contributed by atoms with Crippen LogP contribution in [0.25, 0.3) is 10.9 Å². The van der Waals surface area contributed by atoms with Gasteiger partial charge in [0.1, 0.15) is 5.69 Å². The number of hydrogen-bond acceptors (Lipinski definition) is 2. The Morgan fingerprint density at radius 1 is 1.42 bits per heavy atom. The number of nitrogens with one attached hydrogen (secondary N) is 1. The fourth-order valence-corrected chi connectivity index (χ4v) is 2.35. The third kappa shape index (κ3) is 2.32. The molecule has 0 aliphatic heterocycles. The molecule has 96 valence electrons. The van der Waals surface area contributed by atoms with Crippen molar-refractivity contribution in [2.75, 3.05) is 6.54 Å². The molecule has 2 aromatic rings. The number of nitrogens with zero attached hydrogens (tertiary/aromatic N) is 2. The number of hydrogen-bond donors (Lipinski definition) is 1. The molecule has 1 aromatic carbocycles.